The zero-order valence-electron chi connectivity index (χ0n) is 14.1. The van der Waals surface area contributed by atoms with Gasteiger partial charge in [-0.25, -0.2) is 0 Å². The molecule has 1 N–H and O–H groups in total. The van der Waals surface area contributed by atoms with Gasteiger partial charge in [0, 0.05) is 9.13 Å². The van der Waals surface area contributed by atoms with E-state index in [1.54, 1.807) is 0 Å². The average Bonchev–Trinajstić information content (AvgIpc) is 2.56. The molecule has 0 saturated carbocycles. The lowest BCUT2D eigenvalue weighted by Gasteiger charge is -2.17. The first-order chi connectivity index (χ1) is 11.5. The Morgan fingerprint density at radius 2 is 1.79 bits per heavy atom. The summed E-state index contributed by atoms with van der Waals surface area (Å²) in [5.74, 6) is 1.33. The number of rotatable bonds is 7. The van der Waals surface area contributed by atoms with Gasteiger partial charge in [-0.15, -0.1) is 0 Å². The van der Waals surface area contributed by atoms with E-state index in [0.717, 1.165) is 14.9 Å². The van der Waals surface area contributed by atoms with Crippen molar-refractivity contribution in [3.63, 3.8) is 0 Å². The highest BCUT2D eigenvalue weighted by molar-refractivity contribution is 14.1. The van der Waals surface area contributed by atoms with Crippen LogP contribution in [-0.2, 0) is 0 Å². The molecule has 2 aromatic carbocycles. The van der Waals surface area contributed by atoms with Gasteiger partial charge < -0.3 is 14.8 Å². The van der Waals surface area contributed by atoms with Gasteiger partial charge in [-0.3, -0.25) is 4.79 Å². The highest BCUT2D eigenvalue weighted by Gasteiger charge is 2.14. The van der Waals surface area contributed by atoms with Crippen LogP contribution in [0.5, 0.6) is 11.5 Å². The Balaban J connectivity index is 2.15. The Labute approximate surface area is 156 Å². The van der Waals surface area contributed by atoms with Gasteiger partial charge in [0.25, 0.3) is 5.91 Å². The van der Waals surface area contributed by atoms with Crippen molar-refractivity contribution in [2.75, 3.05) is 13.2 Å². The number of halogens is 1. The van der Waals surface area contributed by atoms with Crippen molar-refractivity contribution in [2.24, 2.45) is 0 Å². The van der Waals surface area contributed by atoms with Crippen LogP contribution >= 0.6 is 22.6 Å². The van der Waals surface area contributed by atoms with Crippen LogP contribution < -0.4 is 14.8 Å². The van der Waals surface area contributed by atoms with Crippen LogP contribution in [0.4, 0.5) is 0 Å². The molecule has 0 spiro atoms. The molecule has 128 valence electrons. The van der Waals surface area contributed by atoms with E-state index < -0.39 is 0 Å². The van der Waals surface area contributed by atoms with Gasteiger partial charge in [-0.05, 0) is 79.3 Å². The topological polar surface area (TPSA) is 47.6 Å². The van der Waals surface area contributed by atoms with Crippen LogP contribution in [-0.4, -0.2) is 19.1 Å². The van der Waals surface area contributed by atoms with Crippen LogP contribution in [0.1, 0.15) is 42.7 Å². The Kier molecular flexibility index (Phi) is 6.90. The van der Waals surface area contributed by atoms with E-state index in [1.165, 1.54) is 0 Å². The van der Waals surface area contributed by atoms with Crippen LogP contribution in [0.2, 0.25) is 0 Å². The van der Waals surface area contributed by atoms with Crippen molar-refractivity contribution >= 4 is 28.5 Å². The summed E-state index contributed by atoms with van der Waals surface area (Å²) in [7, 11) is 0. The molecular formula is C19H22INO3. The molecule has 4 nitrogen and oxygen atoms in total. The summed E-state index contributed by atoms with van der Waals surface area (Å²) >= 11 is 2.20. The van der Waals surface area contributed by atoms with Gasteiger partial charge >= 0.3 is 0 Å². The molecule has 0 aliphatic heterocycles. The van der Waals surface area contributed by atoms with E-state index in [9.17, 15) is 4.79 Å². The van der Waals surface area contributed by atoms with E-state index in [2.05, 4.69) is 27.9 Å². The van der Waals surface area contributed by atoms with E-state index in [-0.39, 0.29) is 11.9 Å². The highest BCUT2D eigenvalue weighted by atomic mass is 127. The quantitative estimate of drug-likeness (QED) is 0.643. The summed E-state index contributed by atoms with van der Waals surface area (Å²) in [5, 5.41) is 3.02. The molecule has 0 aliphatic rings. The minimum Gasteiger partial charge on any atom is -0.490 e. The largest absolute Gasteiger partial charge is 0.490 e. The lowest BCUT2D eigenvalue weighted by atomic mass is 10.1. The predicted octanol–water partition coefficient (Wildman–Crippen LogP) is 4.58. The zero-order chi connectivity index (χ0) is 17.5. The third kappa shape index (κ3) is 4.87. The fourth-order valence-corrected chi connectivity index (χ4v) is 2.87. The second-order valence-electron chi connectivity index (χ2n) is 5.28. The lowest BCUT2D eigenvalue weighted by molar-refractivity contribution is 0.0939. The molecule has 0 aliphatic carbocycles. The van der Waals surface area contributed by atoms with Crippen molar-refractivity contribution in [3.05, 3.63) is 57.2 Å². The molecule has 5 heteroatoms. The first-order valence-electron chi connectivity index (χ1n) is 8.01. The van der Waals surface area contributed by atoms with Crippen molar-refractivity contribution < 1.29 is 14.3 Å². The maximum absolute atomic E-state index is 12.4. The number of nitrogens with one attached hydrogen (secondary N) is 1. The highest BCUT2D eigenvalue weighted by Crippen LogP contribution is 2.30. The smallest absolute Gasteiger partial charge is 0.251 e. The first kappa shape index (κ1) is 18.6. The van der Waals surface area contributed by atoms with E-state index in [0.29, 0.717) is 24.5 Å². The van der Waals surface area contributed by atoms with E-state index in [1.807, 2.05) is 63.2 Å². The van der Waals surface area contributed by atoms with Crippen LogP contribution in [0.3, 0.4) is 0 Å². The standard InChI is InChI=1S/C19H22INO3/c1-4-23-17-10-9-14(12-18(17)24-5-2)13(3)21-19(22)15-7-6-8-16(20)11-15/h6-13H,4-5H2,1-3H3,(H,21,22)/t13-/m1/s1. The molecule has 0 unspecified atom stereocenters. The van der Waals surface area contributed by atoms with Crippen molar-refractivity contribution in [2.45, 2.75) is 26.8 Å². The summed E-state index contributed by atoms with van der Waals surface area (Å²) < 4.78 is 12.3. The van der Waals surface area contributed by atoms with Gasteiger partial charge in [-0.1, -0.05) is 12.1 Å². The van der Waals surface area contributed by atoms with Gasteiger partial charge in [0.05, 0.1) is 19.3 Å². The minimum absolute atomic E-state index is 0.0899. The molecule has 0 radical (unpaired) electrons. The van der Waals surface area contributed by atoms with E-state index in [4.69, 9.17) is 9.47 Å². The third-order valence-corrected chi connectivity index (χ3v) is 4.17. The van der Waals surface area contributed by atoms with Gasteiger partial charge in [-0.2, -0.15) is 0 Å². The Morgan fingerprint density at radius 1 is 1.08 bits per heavy atom. The van der Waals surface area contributed by atoms with Gasteiger partial charge in [0.2, 0.25) is 0 Å². The molecule has 2 aromatic rings. The summed E-state index contributed by atoms with van der Waals surface area (Å²) in [6.07, 6.45) is 0. The maximum atomic E-state index is 12.4. The summed E-state index contributed by atoms with van der Waals surface area (Å²) in [5.41, 5.74) is 1.63. The molecule has 0 aromatic heterocycles. The SMILES string of the molecule is CCOc1ccc([C@@H](C)NC(=O)c2cccc(I)c2)cc1OCC. The maximum Gasteiger partial charge on any atom is 0.251 e. The second-order valence-corrected chi connectivity index (χ2v) is 6.52. The number of carbonyl (C=O) groups is 1. The fraction of sp³-hybridized carbons (Fsp3) is 0.316. The first-order valence-corrected chi connectivity index (χ1v) is 9.09. The zero-order valence-corrected chi connectivity index (χ0v) is 16.3. The molecule has 0 heterocycles. The number of carbonyl (C=O) groups excluding carboxylic acids is 1. The Hall–Kier alpha value is -1.76. The van der Waals surface area contributed by atoms with Crippen molar-refractivity contribution in [1.82, 2.24) is 5.32 Å². The van der Waals surface area contributed by atoms with Crippen molar-refractivity contribution in [3.8, 4) is 11.5 Å². The Morgan fingerprint density at radius 3 is 2.46 bits per heavy atom. The summed E-state index contributed by atoms with van der Waals surface area (Å²) in [6.45, 7) is 6.97. The molecule has 1 atom stereocenters. The normalized spacial score (nSPS) is 11.7. The second kappa shape index (κ2) is 8.92. The lowest BCUT2D eigenvalue weighted by Crippen LogP contribution is -2.26. The Bertz CT molecular complexity index is 703. The van der Waals surface area contributed by atoms with Crippen molar-refractivity contribution in [1.29, 1.82) is 0 Å². The molecule has 0 fully saturated rings. The number of benzene rings is 2. The number of hydrogen-bond acceptors (Lipinski definition) is 3. The molecule has 1 amide bonds. The minimum atomic E-state index is -0.134. The van der Waals surface area contributed by atoms with Gasteiger partial charge in [0.15, 0.2) is 11.5 Å². The van der Waals surface area contributed by atoms with Crippen LogP contribution in [0.25, 0.3) is 0 Å². The molecule has 0 saturated heterocycles. The van der Waals surface area contributed by atoms with Crippen LogP contribution in [0, 0.1) is 3.57 Å². The van der Waals surface area contributed by atoms with Crippen LogP contribution in [0.15, 0.2) is 42.5 Å². The predicted molar refractivity (Wildman–Crippen MR) is 104 cm³/mol. The third-order valence-electron chi connectivity index (χ3n) is 3.50. The number of amides is 1. The van der Waals surface area contributed by atoms with E-state index >= 15 is 0 Å². The molecule has 2 rings (SSSR count). The monoisotopic (exact) mass is 439 g/mol. The number of hydrogen-bond donors (Lipinski definition) is 1. The number of ether oxygens (including phenoxy) is 2. The molecule has 24 heavy (non-hydrogen) atoms. The van der Waals surface area contributed by atoms with Gasteiger partial charge in [0.1, 0.15) is 0 Å². The molecule has 0 bridgehead atoms. The summed E-state index contributed by atoms with van der Waals surface area (Å²) in [6, 6.07) is 13.2. The molecular weight excluding hydrogens is 417 g/mol. The average molecular weight is 439 g/mol. The summed E-state index contributed by atoms with van der Waals surface area (Å²) in [4.78, 5) is 12.4. The fourth-order valence-electron chi connectivity index (χ4n) is 2.33.